The number of carbonyl (C=O) groups is 1. The molecule has 1 amide bonds. The van der Waals surface area contributed by atoms with Crippen LogP contribution in [-0.4, -0.2) is 12.2 Å². The lowest BCUT2D eigenvalue weighted by atomic mass is 10.1. The minimum Gasteiger partial charge on any atom is -0.285 e. The fourth-order valence-electron chi connectivity index (χ4n) is 1.23. The summed E-state index contributed by atoms with van der Waals surface area (Å²) in [7, 11) is 0. The zero-order chi connectivity index (χ0) is 11.4. The first kappa shape index (κ1) is 11.4. The highest BCUT2D eigenvalue weighted by Crippen LogP contribution is 2.19. The molecule has 79 valence electrons. The zero-order valence-corrected chi connectivity index (χ0v) is 8.78. The van der Waals surface area contributed by atoms with Crippen molar-refractivity contribution >= 4 is 17.9 Å². The summed E-state index contributed by atoms with van der Waals surface area (Å²) < 4.78 is 0. The van der Waals surface area contributed by atoms with Gasteiger partial charge in [-0.05, 0) is 24.6 Å². The van der Waals surface area contributed by atoms with E-state index in [-0.39, 0.29) is 5.91 Å². The minimum absolute atomic E-state index is 0.239. The number of nitrogens with zero attached hydrogens (tertiary/aromatic N) is 1. The Labute approximate surface area is 88.6 Å². The number of benzene rings is 1. The Hall–Kier alpha value is -1.68. The van der Waals surface area contributed by atoms with Gasteiger partial charge in [0.15, 0.2) is 0 Å². The monoisotopic (exact) mass is 205 g/mol. The largest absolute Gasteiger partial charge is 0.285 e. The first-order valence-electron chi connectivity index (χ1n) is 4.66. The molecular formula is C11H13N2O2. The smallest absolute Gasteiger partial charge is 0.240 e. The van der Waals surface area contributed by atoms with Crippen molar-refractivity contribution < 1.29 is 9.59 Å². The van der Waals surface area contributed by atoms with E-state index < -0.39 is 0 Å². The van der Waals surface area contributed by atoms with E-state index in [0.717, 1.165) is 10.6 Å². The number of amides is 1. The number of aryl methyl sites for hydroxylation is 1. The molecule has 0 fully saturated rings. The van der Waals surface area contributed by atoms with E-state index in [1.54, 1.807) is 31.4 Å². The van der Waals surface area contributed by atoms with Crippen molar-refractivity contribution in [2.45, 2.75) is 20.3 Å². The van der Waals surface area contributed by atoms with Crippen LogP contribution in [0.25, 0.3) is 0 Å². The second-order valence-electron chi connectivity index (χ2n) is 3.24. The lowest BCUT2D eigenvalue weighted by molar-refractivity contribution is -0.118. The van der Waals surface area contributed by atoms with Gasteiger partial charge in [-0.25, -0.2) is 10.9 Å². The predicted octanol–water partition coefficient (Wildman–Crippen LogP) is 1.07. The topological polar surface area (TPSA) is 63.4 Å². The van der Waals surface area contributed by atoms with Gasteiger partial charge >= 0.3 is 0 Å². The Morgan fingerprint density at radius 2 is 2.20 bits per heavy atom. The molecule has 0 aliphatic rings. The molecule has 0 saturated carbocycles. The average molecular weight is 205 g/mol. The summed E-state index contributed by atoms with van der Waals surface area (Å²) >= 11 is 0. The molecule has 0 aliphatic carbocycles. The second-order valence-corrected chi connectivity index (χ2v) is 3.24. The zero-order valence-electron chi connectivity index (χ0n) is 8.78. The molecule has 0 unspecified atom stereocenters. The molecule has 1 aromatic rings. The molecule has 15 heavy (non-hydrogen) atoms. The van der Waals surface area contributed by atoms with Crippen LogP contribution in [0.1, 0.15) is 24.5 Å². The van der Waals surface area contributed by atoms with Gasteiger partial charge in [0.05, 0.1) is 11.3 Å². The molecule has 4 nitrogen and oxygen atoms in total. The molecule has 0 spiro atoms. The van der Waals surface area contributed by atoms with E-state index >= 15 is 0 Å². The van der Waals surface area contributed by atoms with Gasteiger partial charge in [-0.1, -0.05) is 13.0 Å². The standard InChI is InChI=1S/C11H13N2O2/c1-3-11(15)13(12)10-6-8(2)4-5-9(10)7-14/h4-6H,3,12H2,1-2H3. The van der Waals surface area contributed by atoms with Gasteiger partial charge in [-0.3, -0.25) is 9.59 Å². The van der Waals surface area contributed by atoms with Crippen LogP contribution in [0.3, 0.4) is 0 Å². The second kappa shape index (κ2) is 4.70. The van der Waals surface area contributed by atoms with Crippen LogP contribution >= 0.6 is 0 Å². The summed E-state index contributed by atoms with van der Waals surface area (Å²) in [5.74, 6) is 5.36. The van der Waals surface area contributed by atoms with Crippen LogP contribution in [0.5, 0.6) is 0 Å². The fourth-order valence-corrected chi connectivity index (χ4v) is 1.23. The molecule has 1 radical (unpaired) electrons. The van der Waals surface area contributed by atoms with Crippen molar-refractivity contribution in [1.29, 1.82) is 0 Å². The van der Waals surface area contributed by atoms with Crippen molar-refractivity contribution in [3.8, 4) is 0 Å². The molecule has 2 N–H and O–H groups in total. The van der Waals surface area contributed by atoms with Crippen LogP contribution in [-0.2, 0) is 9.59 Å². The van der Waals surface area contributed by atoms with Crippen molar-refractivity contribution in [3.05, 3.63) is 29.3 Å². The van der Waals surface area contributed by atoms with Crippen molar-refractivity contribution in [3.63, 3.8) is 0 Å². The SMILES string of the molecule is CCC(=O)N(N)c1cc(C)ccc1[C]=O. The molecule has 0 bridgehead atoms. The van der Waals surface area contributed by atoms with Crippen molar-refractivity contribution in [1.82, 2.24) is 0 Å². The van der Waals surface area contributed by atoms with Gasteiger partial charge in [0.1, 0.15) is 0 Å². The minimum atomic E-state index is -0.239. The highest BCUT2D eigenvalue weighted by Gasteiger charge is 2.13. The average Bonchev–Trinajstić information content (AvgIpc) is 2.27. The number of carbonyl (C=O) groups excluding carboxylic acids is 2. The normalized spacial score (nSPS) is 9.80. The number of hydrogen-bond donors (Lipinski definition) is 1. The highest BCUT2D eigenvalue weighted by atomic mass is 16.2. The van der Waals surface area contributed by atoms with E-state index in [4.69, 9.17) is 5.84 Å². The quantitative estimate of drug-likeness (QED) is 0.456. The van der Waals surface area contributed by atoms with E-state index in [0.29, 0.717) is 17.7 Å². The maximum Gasteiger partial charge on any atom is 0.240 e. The molecule has 0 aliphatic heterocycles. The van der Waals surface area contributed by atoms with E-state index in [9.17, 15) is 9.59 Å². The molecule has 0 heterocycles. The highest BCUT2D eigenvalue weighted by molar-refractivity contribution is 5.97. The first-order chi connectivity index (χ1) is 7.10. The van der Waals surface area contributed by atoms with E-state index in [1.807, 2.05) is 6.92 Å². The number of anilines is 1. The first-order valence-corrected chi connectivity index (χ1v) is 4.66. The maximum atomic E-state index is 11.4. The van der Waals surface area contributed by atoms with Gasteiger partial charge in [0.2, 0.25) is 12.2 Å². The molecule has 1 rings (SSSR count). The summed E-state index contributed by atoms with van der Waals surface area (Å²) in [6.07, 6.45) is 2.05. The van der Waals surface area contributed by atoms with Gasteiger partial charge < -0.3 is 0 Å². The van der Waals surface area contributed by atoms with Gasteiger partial charge in [0.25, 0.3) is 0 Å². The van der Waals surface area contributed by atoms with Crippen LogP contribution in [0.2, 0.25) is 0 Å². The van der Waals surface area contributed by atoms with Crippen LogP contribution in [0, 0.1) is 6.92 Å². The summed E-state index contributed by atoms with van der Waals surface area (Å²) in [5, 5.41) is 0.993. The van der Waals surface area contributed by atoms with Gasteiger partial charge in [0, 0.05) is 6.42 Å². The third-order valence-corrected chi connectivity index (χ3v) is 2.09. The van der Waals surface area contributed by atoms with E-state index in [1.165, 1.54) is 0 Å². The van der Waals surface area contributed by atoms with Gasteiger partial charge in [-0.2, -0.15) is 0 Å². The summed E-state index contributed by atoms with van der Waals surface area (Å²) in [6, 6.07) is 5.06. The van der Waals surface area contributed by atoms with E-state index in [2.05, 4.69) is 0 Å². The predicted molar refractivity (Wildman–Crippen MR) is 57.9 cm³/mol. The fraction of sp³-hybridized carbons (Fsp3) is 0.273. The maximum absolute atomic E-state index is 11.4. The number of hydrogen-bond acceptors (Lipinski definition) is 3. The Morgan fingerprint density at radius 1 is 1.53 bits per heavy atom. The van der Waals surface area contributed by atoms with Crippen molar-refractivity contribution in [2.24, 2.45) is 5.84 Å². The van der Waals surface area contributed by atoms with Gasteiger partial charge in [-0.15, -0.1) is 0 Å². The molecular weight excluding hydrogens is 192 g/mol. The molecule has 4 heteroatoms. The Morgan fingerprint density at radius 3 is 2.73 bits per heavy atom. The molecule has 0 aromatic heterocycles. The van der Waals surface area contributed by atoms with Crippen LogP contribution in [0.15, 0.2) is 18.2 Å². The Balaban J connectivity index is 3.16. The number of hydrazine groups is 1. The van der Waals surface area contributed by atoms with Crippen LogP contribution in [0.4, 0.5) is 5.69 Å². The Bertz CT molecular complexity index is 388. The third-order valence-electron chi connectivity index (χ3n) is 2.09. The summed E-state index contributed by atoms with van der Waals surface area (Å²) in [5.41, 5.74) is 1.63. The number of nitrogens with two attached hydrogens (primary N) is 1. The molecule has 1 aromatic carbocycles. The molecule has 0 atom stereocenters. The third kappa shape index (κ3) is 2.41. The Kier molecular flexibility index (Phi) is 3.57. The molecule has 0 saturated heterocycles. The lowest BCUT2D eigenvalue weighted by Crippen LogP contribution is -2.37. The lowest BCUT2D eigenvalue weighted by Gasteiger charge is -2.17. The summed E-state index contributed by atoms with van der Waals surface area (Å²) in [4.78, 5) is 22.0. The summed E-state index contributed by atoms with van der Waals surface area (Å²) in [6.45, 7) is 3.57. The van der Waals surface area contributed by atoms with Crippen LogP contribution < -0.4 is 10.9 Å². The van der Waals surface area contributed by atoms with Crippen molar-refractivity contribution in [2.75, 3.05) is 5.01 Å². The number of rotatable bonds is 3.